The van der Waals surface area contributed by atoms with Gasteiger partial charge in [-0.05, 0) is 43.5 Å². The Morgan fingerprint density at radius 1 is 1.09 bits per heavy atom. The zero-order valence-electron chi connectivity index (χ0n) is 19.0. The molecular weight excluding hydrogens is 406 g/mol. The summed E-state index contributed by atoms with van der Waals surface area (Å²) < 4.78 is 22.0. The Kier molecular flexibility index (Phi) is 6.44. The first-order chi connectivity index (χ1) is 15.4. The molecule has 1 saturated heterocycles. The molecule has 0 atom stereocenters. The number of oxazole rings is 1. The number of benzene rings is 2. The van der Waals surface area contributed by atoms with E-state index in [1.165, 1.54) is 23.8 Å². The van der Waals surface area contributed by atoms with E-state index in [0.29, 0.717) is 25.5 Å². The monoisotopic (exact) mass is 435 g/mol. The molecule has 168 valence electrons. The molecule has 6 nitrogen and oxygen atoms in total. The number of hydrogen-bond acceptors (Lipinski definition) is 6. The van der Waals surface area contributed by atoms with Crippen molar-refractivity contribution in [1.29, 1.82) is 0 Å². The largest absolute Gasteiger partial charge is 0.465 e. The van der Waals surface area contributed by atoms with Gasteiger partial charge in [-0.1, -0.05) is 42.0 Å². The molecule has 1 aliphatic rings. The fourth-order valence-corrected chi connectivity index (χ4v) is 3.87. The molecule has 1 aromatic heterocycles. The highest BCUT2D eigenvalue weighted by molar-refractivity contribution is 5.77. The molecule has 0 unspecified atom stereocenters. The van der Waals surface area contributed by atoms with E-state index in [4.69, 9.17) is 23.6 Å². The van der Waals surface area contributed by atoms with Crippen LogP contribution in [0.1, 0.15) is 35.1 Å². The number of rotatable bonds is 6. The van der Waals surface area contributed by atoms with Crippen molar-refractivity contribution in [3.63, 3.8) is 0 Å². The molecule has 0 saturated carbocycles. The fourth-order valence-electron chi connectivity index (χ4n) is 3.87. The Hall–Kier alpha value is -2.96. The summed E-state index contributed by atoms with van der Waals surface area (Å²) in [5.41, 5.74) is 5.50. The Morgan fingerprint density at radius 3 is 2.47 bits per heavy atom. The molecule has 0 bridgehead atoms. The van der Waals surface area contributed by atoms with Crippen LogP contribution in [0.3, 0.4) is 0 Å². The normalized spacial score (nSPS) is 20.8. The topological polar surface area (TPSA) is 70.8 Å². The number of aryl methyl sites for hydroxylation is 2. The highest BCUT2D eigenvalue weighted by Gasteiger charge is 2.41. The van der Waals surface area contributed by atoms with Gasteiger partial charge in [-0.2, -0.15) is 0 Å². The van der Waals surface area contributed by atoms with Gasteiger partial charge in [0.25, 0.3) is 5.79 Å². The minimum atomic E-state index is -1.31. The van der Waals surface area contributed by atoms with Crippen molar-refractivity contribution in [2.75, 3.05) is 20.3 Å². The number of carbonyl (C=O) groups is 1. The third-order valence-electron chi connectivity index (χ3n) is 5.82. The molecule has 0 spiro atoms. The zero-order valence-corrected chi connectivity index (χ0v) is 19.0. The second kappa shape index (κ2) is 9.27. The van der Waals surface area contributed by atoms with Gasteiger partial charge in [0.05, 0.1) is 26.0 Å². The van der Waals surface area contributed by atoms with Crippen LogP contribution in [0.2, 0.25) is 0 Å². The summed E-state index contributed by atoms with van der Waals surface area (Å²) in [5, 5.41) is 0. The molecule has 3 aromatic rings. The lowest BCUT2D eigenvalue weighted by Crippen LogP contribution is -2.48. The van der Waals surface area contributed by atoms with Crippen molar-refractivity contribution in [2.24, 2.45) is 5.92 Å². The number of esters is 1. The molecule has 2 heterocycles. The summed E-state index contributed by atoms with van der Waals surface area (Å²) in [6, 6.07) is 16.6. The average Bonchev–Trinajstić information content (AvgIpc) is 3.15. The predicted molar refractivity (Wildman–Crippen MR) is 120 cm³/mol. The first-order valence-electron chi connectivity index (χ1n) is 10.8. The summed E-state index contributed by atoms with van der Waals surface area (Å²) in [7, 11) is 1.33. The maximum Gasteiger partial charge on any atom is 0.366 e. The summed E-state index contributed by atoms with van der Waals surface area (Å²) in [5.74, 6) is -0.163. The predicted octanol–water partition coefficient (Wildman–Crippen LogP) is 4.64. The molecule has 6 heteroatoms. The number of methoxy groups -OCH3 is 1. The number of nitrogens with zero attached hydrogens (tertiary/aromatic N) is 1. The molecule has 2 aromatic carbocycles. The number of carbonyl (C=O) groups excluding carboxylic acids is 1. The summed E-state index contributed by atoms with van der Waals surface area (Å²) >= 11 is 0. The van der Waals surface area contributed by atoms with E-state index in [-0.39, 0.29) is 5.92 Å². The maximum absolute atomic E-state index is 11.8. The lowest BCUT2D eigenvalue weighted by molar-refractivity contribution is -0.272. The van der Waals surface area contributed by atoms with Crippen LogP contribution in [-0.2, 0) is 31.8 Å². The van der Waals surface area contributed by atoms with Crippen LogP contribution in [-0.4, -0.2) is 37.1 Å². The Balaban J connectivity index is 1.41. The van der Waals surface area contributed by atoms with E-state index in [2.05, 4.69) is 43.3 Å². The first kappa shape index (κ1) is 22.2. The molecule has 4 rings (SSSR count). The number of aromatic nitrogens is 1. The van der Waals surface area contributed by atoms with Crippen molar-refractivity contribution >= 4 is 5.97 Å². The molecule has 0 N–H and O–H groups in total. The van der Waals surface area contributed by atoms with Crippen LogP contribution in [0.4, 0.5) is 0 Å². The first-order valence-corrected chi connectivity index (χ1v) is 10.8. The Morgan fingerprint density at radius 2 is 1.78 bits per heavy atom. The maximum atomic E-state index is 11.8. The SMILES string of the molecule is COC(=O)C1(C)OCC(Cc2cccc(Cc3nc(-c4ccc(C)cc4)oc3C)c2)CO1. The smallest absolute Gasteiger partial charge is 0.366 e. The third kappa shape index (κ3) is 4.92. The lowest BCUT2D eigenvalue weighted by atomic mass is 9.97. The van der Waals surface area contributed by atoms with E-state index in [0.717, 1.165) is 23.4 Å². The molecular formula is C26H29NO5. The molecule has 32 heavy (non-hydrogen) atoms. The van der Waals surface area contributed by atoms with Crippen LogP contribution in [0.5, 0.6) is 0 Å². The minimum Gasteiger partial charge on any atom is -0.465 e. The number of ether oxygens (including phenoxy) is 3. The molecule has 1 fully saturated rings. The summed E-state index contributed by atoms with van der Waals surface area (Å²) in [4.78, 5) is 16.6. The van der Waals surface area contributed by atoms with E-state index < -0.39 is 11.8 Å². The molecule has 0 amide bonds. The molecule has 0 aliphatic carbocycles. The van der Waals surface area contributed by atoms with Gasteiger partial charge in [-0.15, -0.1) is 0 Å². The second-order valence-electron chi connectivity index (χ2n) is 8.51. The second-order valence-corrected chi connectivity index (χ2v) is 8.51. The molecule has 0 radical (unpaired) electrons. The van der Waals surface area contributed by atoms with Crippen molar-refractivity contribution in [1.82, 2.24) is 4.98 Å². The van der Waals surface area contributed by atoms with Gasteiger partial charge in [-0.3, -0.25) is 0 Å². The van der Waals surface area contributed by atoms with Crippen LogP contribution in [0, 0.1) is 19.8 Å². The van der Waals surface area contributed by atoms with E-state index in [1.807, 2.05) is 19.1 Å². The summed E-state index contributed by atoms with van der Waals surface area (Å²) in [6.07, 6.45) is 1.50. The number of hydrogen-bond donors (Lipinski definition) is 0. The van der Waals surface area contributed by atoms with Crippen molar-refractivity contribution in [3.8, 4) is 11.5 Å². The Bertz CT molecular complexity index is 1080. The van der Waals surface area contributed by atoms with Gasteiger partial charge >= 0.3 is 5.97 Å². The van der Waals surface area contributed by atoms with E-state index in [1.54, 1.807) is 6.92 Å². The Labute approximate surface area is 188 Å². The zero-order chi connectivity index (χ0) is 22.7. The van der Waals surface area contributed by atoms with Gasteiger partial charge < -0.3 is 18.6 Å². The van der Waals surface area contributed by atoms with E-state index in [9.17, 15) is 4.79 Å². The van der Waals surface area contributed by atoms with Crippen molar-refractivity contribution in [3.05, 3.63) is 76.7 Å². The van der Waals surface area contributed by atoms with Gasteiger partial charge in [-0.25, -0.2) is 9.78 Å². The van der Waals surface area contributed by atoms with Gasteiger partial charge in [0.1, 0.15) is 5.76 Å². The lowest BCUT2D eigenvalue weighted by Gasteiger charge is -2.35. The van der Waals surface area contributed by atoms with E-state index >= 15 is 0 Å². The summed E-state index contributed by atoms with van der Waals surface area (Å²) in [6.45, 7) is 6.50. The quantitative estimate of drug-likeness (QED) is 0.525. The van der Waals surface area contributed by atoms with Crippen LogP contribution >= 0.6 is 0 Å². The van der Waals surface area contributed by atoms with Crippen LogP contribution < -0.4 is 0 Å². The van der Waals surface area contributed by atoms with Crippen molar-refractivity contribution < 1.29 is 23.4 Å². The highest BCUT2D eigenvalue weighted by atomic mass is 16.7. The third-order valence-corrected chi connectivity index (χ3v) is 5.82. The van der Waals surface area contributed by atoms with Crippen molar-refractivity contribution in [2.45, 2.75) is 39.4 Å². The van der Waals surface area contributed by atoms with Gasteiger partial charge in [0.2, 0.25) is 5.89 Å². The fraction of sp³-hybridized carbons (Fsp3) is 0.385. The average molecular weight is 436 g/mol. The van der Waals surface area contributed by atoms with Crippen LogP contribution in [0.25, 0.3) is 11.5 Å². The minimum absolute atomic E-state index is 0.171. The molecule has 1 aliphatic heterocycles. The standard InChI is InChI=1S/C26H29NO5/c1-17-8-10-22(11-9-17)24-27-23(18(2)32-24)14-20-7-5-6-19(12-20)13-21-15-30-26(3,31-16-21)25(28)29-4/h5-12,21H,13-16H2,1-4H3. The van der Waals surface area contributed by atoms with Gasteiger partial charge in [0, 0.05) is 24.8 Å². The highest BCUT2D eigenvalue weighted by Crippen LogP contribution is 2.26. The van der Waals surface area contributed by atoms with Gasteiger partial charge in [0.15, 0.2) is 0 Å². The van der Waals surface area contributed by atoms with Crippen LogP contribution in [0.15, 0.2) is 52.9 Å².